The number of hydrogen-bond donors (Lipinski definition) is 3. The molecule has 1 aromatic rings. The molecule has 0 fully saturated rings. The number of amides is 1. The summed E-state index contributed by atoms with van der Waals surface area (Å²) in [6.45, 7) is 6.20. The van der Waals surface area contributed by atoms with E-state index in [9.17, 15) is 9.90 Å². The van der Waals surface area contributed by atoms with Crippen LogP contribution in [0, 0.1) is 11.8 Å². The van der Waals surface area contributed by atoms with Gasteiger partial charge in [-0.1, -0.05) is 63.9 Å². The average molecular weight is 292 g/mol. The number of benzene rings is 1. The lowest BCUT2D eigenvalue weighted by Crippen LogP contribution is -2.41. The van der Waals surface area contributed by atoms with Crippen LogP contribution >= 0.6 is 0 Å². The van der Waals surface area contributed by atoms with E-state index in [-0.39, 0.29) is 30.3 Å². The van der Waals surface area contributed by atoms with Crippen LogP contribution in [-0.4, -0.2) is 23.7 Å². The highest BCUT2D eigenvalue weighted by molar-refractivity contribution is 5.79. The van der Waals surface area contributed by atoms with E-state index in [0.29, 0.717) is 0 Å². The van der Waals surface area contributed by atoms with Crippen LogP contribution in [0.15, 0.2) is 30.3 Å². The number of hydrogen-bond acceptors (Lipinski definition) is 3. The first-order chi connectivity index (χ1) is 10.0. The number of rotatable bonds is 8. The molecule has 0 aromatic heterocycles. The molecule has 0 heterocycles. The molecule has 4 N–H and O–H groups in total. The first-order valence-electron chi connectivity index (χ1n) is 7.77. The van der Waals surface area contributed by atoms with E-state index in [1.165, 1.54) is 0 Å². The van der Waals surface area contributed by atoms with Crippen molar-refractivity contribution >= 4 is 5.91 Å². The summed E-state index contributed by atoms with van der Waals surface area (Å²) in [6.07, 6.45) is 1.32. The molecule has 0 saturated heterocycles. The number of aliphatic hydroxyl groups excluding tert-OH is 1. The second-order valence-corrected chi connectivity index (χ2v) is 5.61. The topological polar surface area (TPSA) is 75.3 Å². The summed E-state index contributed by atoms with van der Waals surface area (Å²) >= 11 is 0. The van der Waals surface area contributed by atoms with Crippen LogP contribution in [-0.2, 0) is 4.79 Å². The van der Waals surface area contributed by atoms with Gasteiger partial charge in [0.25, 0.3) is 0 Å². The first-order valence-corrected chi connectivity index (χ1v) is 7.77. The highest BCUT2D eigenvalue weighted by atomic mass is 16.3. The molecule has 4 nitrogen and oxygen atoms in total. The van der Waals surface area contributed by atoms with Gasteiger partial charge in [0.15, 0.2) is 0 Å². The minimum absolute atomic E-state index is 0.114. The quantitative estimate of drug-likeness (QED) is 0.688. The second-order valence-electron chi connectivity index (χ2n) is 5.61. The maximum atomic E-state index is 12.2. The standard InChI is InChI=1S/C17H28N2O2/c1-4-13(5-2)15(20)11-19-17(21)12(3)16(18)14-9-7-6-8-10-14/h6-10,12-13,15-16,20H,4-5,11,18H2,1-3H3,(H,19,21). The van der Waals surface area contributed by atoms with E-state index >= 15 is 0 Å². The zero-order valence-corrected chi connectivity index (χ0v) is 13.3. The number of carbonyl (C=O) groups excluding carboxylic acids is 1. The Morgan fingerprint density at radius 2 is 1.81 bits per heavy atom. The van der Waals surface area contributed by atoms with Crippen molar-refractivity contribution in [2.75, 3.05) is 6.54 Å². The Morgan fingerprint density at radius 1 is 1.24 bits per heavy atom. The smallest absolute Gasteiger partial charge is 0.224 e. The Hall–Kier alpha value is -1.39. The lowest BCUT2D eigenvalue weighted by molar-refractivity contribution is -0.125. The van der Waals surface area contributed by atoms with Gasteiger partial charge in [0.1, 0.15) is 0 Å². The molecule has 3 atom stereocenters. The molecule has 3 unspecified atom stereocenters. The predicted octanol–water partition coefficient (Wildman–Crippen LogP) is 2.24. The lowest BCUT2D eigenvalue weighted by Gasteiger charge is -2.23. The molecule has 0 bridgehead atoms. The van der Waals surface area contributed by atoms with E-state index in [4.69, 9.17) is 5.73 Å². The van der Waals surface area contributed by atoms with Gasteiger partial charge in [-0.3, -0.25) is 4.79 Å². The number of aliphatic hydroxyl groups is 1. The zero-order chi connectivity index (χ0) is 15.8. The third-order valence-electron chi connectivity index (χ3n) is 4.22. The average Bonchev–Trinajstić information content (AvgIpc) is 2.53. The van der Waals surface area contributed by atoms with Gasteiger partial charge in [-0.15, -0.1) is 0 Å². The highest BCUT2D eigenvalue weighted by Crippen LogP contribution is 2.19. The fraction of sp³-hybridized carbons (Fsp3) is 0.588. The van der Waals surface area contributed by atoms with Crippen LogP contribution in [0.5, 0.6) is 0 Å². The van der Waals surface area contributed by atoms with E-state index in [0.717, 1.165) is 18.4 Å². The Kier molecular flexibility index (Phi) is 7.40. The third kappa shape index (κ3) is 5.14. The SMILES string of the molecule is CCC(CC)C(O)CNC(=O)C(C)C(N)c1ccccc1. The number of nitrogens with one attached hydrogen (secondary N) is 1. The van der Waals surface area contributed by atoms with Gasteiger partial charge in [-0.2, -0.15) is 0 Å². The first kappa shape index (κ1) is 17.7. The maximum Gasteiger partial charge on any atom is 0.224 e. The molecule has 0 aliphatic carbocycles. The Labute approximate surface area is 127 Å². The van der Waals surface area contributed by atoms with E-state index in [1.807, 2.05) is 51.1 Å². The van der Waals surface area contributed by atoms with Gasteiger partial charge in [-0.25, -0.2) is 0 Å². The molecule has 1 amide bonds. The van der Waals surface area contributed by atoms with Crippen molar-refractivity contribution < 1.29 is 9.90 Å². The Bertz CT molecular complexity index is 418. The van der Waals surface area contributed by atoms with E-state index < -0.39 is 6.10 Å². The summed E-state index contributed by atoms with van der Waals surface area (Å²) in [4.78, 5) is 12.2. The van der Waals surface area contributed by atoms with Crippen molar-refractivity contribution in [3.63, 3.8) is 0 Å². The summed E-state index contributed by atoms with van der Waals surface area (Å²) in [5, 5.41) is 12.9. The van der Waals surface area contributed by atoms with Gasteiger partial charge in [0.2, 0.25) is 5.91 Å². The molecule has 21 heavy (non-hydrogen) atoms. The van der Waals surface area contributed by atoms with Crippen LogP contribution in [0.4, 0.5) is 0 Å². The molecule has 4 heteroatoms. The van der Waals surface area contributed by atoms with Crippen molar-refractivity contribution in [2.45, 2.75) is 45.8 Å². The van der Waals surface area contributed by atoms with Gasteiger partial charge in [0, 0.05) is 12.6 Å². The molecule has 0 radical (unpaired) electrons. The van der Waals surface area contributed by atoms with Crippen LogP contribution < -0.4 is 11.1 Å². The molecule has 0 aliphatic heterocycles. The summed E-state index contributed by atoms with van der Waals surface area (Å²) in [7, 11) is 0. The predicted molar refractivity (Wildman–Crippen MR) is 85.6 cm³/mol. The monoisotopic (exact) mass is 292 g/mol. The molecule has 0 spiro atoms. The van der Waals surface area contributed by atoms with Crippen molar-refractivity contribution in [3.8, 4) is 0 Å². The fourth-order valence-corrected chi connectivity index (χ4v) is 2.49. The molecule has 118 valence electrons. The van der Waals surface area contributed by atoms with Crippen LogP contribution in [0.2, 0.25) is 0 Å². The van der Waals surface area contributed by atoms with Crippen molar-refractivity contribution in [1.82, 2.24) is 5.32 Å². The lowest BCUT2D eigenvalue weighted by atomic mass is 9.94. The summed E-state index contributed by atoms with van der Waals surface area (Å²) < 4.78 is 0. The summed E-state index contributed by atoms with van der Waals surface area (Å²) in [6, 6.07) is 9.26. The largest absolute Gasteiger partial charge is 0.391 e. The molecule has 0 aliphatic rings. The van der Waals surface area contributed by atoms with E-state index in [2.05, 4.69) is 5.32 Å². The maximum absolute atomic E-state index is 12.2. The summed E-state index contributed by atoms with van der Waals surface area (Å²) in [5.41, 5.74) is 7.08. The molecule has 0 saturated carbocycles. The normalized spacial score (nSPS) is 15.5. The highest BCUT2D eigenvalue weighted by Gasteiger charge is 2.23. The third-order valence-corrected chi connectivity index (χ3v) is 4.22. The van der Waals surface area contributed by atoms with Gasteiger partial charge < -0.3 is 16.2 Å². The zero-order valence-electron chi connectivity index (χ0n) is 13.3. The molecular weight excluding hydrogens is 264 g/mol. The second kappa shape index (κ2) is 8.80. The molecule has 1 aromatic carbocycles. The Morgan fingerprint density at radius 3 is 2.33 bits per heavy atom. The van der Waals surface area contributed by atoms with Crippen LogP contribution in [0.3, 0.4) is 0 Å². The number of nitrogens with two attached hydrogens (primary N) is 1. The Balaban J connectivity index is 2.51. The van der Waals surface area contributed by atoms with E-state index in [1.54, 1.807) is 0 Å². The van der Waals surface area contributed by atoms with Crippen molar-refractivity contribution in [1.29, 1.82) is 0 Å². The van der Waals surface area contributed by atoms with Crippen LogP contribution in [0.25, 0.3) is 0 Å². The minimum Gasteiger partial charge on any atom is -0.391 e. The van der Waals surface area contributed by atoms with Gasteiger partial charge in [0.05, 0.1) is 12.0 Å². The van der Waals surface area contributed by atoms with Gasteiger partial charge in [-0.05, 0) is 11.5 Å². The molecule has 1 rings (SSSR count). The number of carbonyl (C=O) groups is 1. The minimum atomic E-state index is -0.496. The fourth-order valence-electron chi connectivity index (χ4n) is 2.49. The van der Waals surface area contributed by atoms with Crippen molar-refractivity contribution in [3.05, 3.63) is 35.9 Å². The summed E-state index contributed by atoms with van der Waals surface area (Å²) in [5.74, 6) is -0.221. The van der Waals surface area contributed by atoms with Crippen molar-refractivity contribution in [2.24, 2.45) is 17.6 Å². The molecular formula is C17H28N2O2. The van der Waals surface area contributed by atoms with Gasteiger partial charge >= 0.3 is 0 Å². The van der Waals surface area contributed by atoms with Crippen LogP contribution in [0.1, 0.15) is 45.2 Å².